The van der Waals surface area contributed by atoms with Crippen molar-refractivity contribution in [2.24, 2.45) is 0 Å². The van der Waals surface area contributed by atoms with E-state index in [1.165, 1.54) is 15.9 Å². The van der Waals surface area contributed by atoms with E-state index in [1.54, 1.807) is 33.3 Å². The molecule has 0 N–H and O–H groups in total. The summed E-state index contributed by atoms with van der Waals surface area (Å²) in [4.78, 5) is 21.2. The third-order valence-corrected chi connectivity index (χ3v) is 2.81. The van der Waals surface area contributed by atoms with Crippen molar-refractivity contribution in [1.29, 1.82) is 0 Å². The third-order valence-electron chi connectivity index (χ3n) is 2.43. The minimum Gasteiger partial charge on any atom is -0.343 e. The average molecular weight is 266 g/mol. The minimum absolute atomic E-state index is 0.161. The number of carbonyl (C=O) groups is 1. The summed E-state index contributed by atoms with van der Waals surface area (Å²) in [6.07, 6.45) is 3.03. The summed E-state index contributed by atoms with van der Waals surface area (Å²) in [5.74, 6) is 0.402. The molecule has 2 heterocycles. The van der Waals surface area contributed by atoms with Crippen molar-refractivity contribution in [3.05, 3.63) is 35.0 Å². The van der Waals surface area contributed by atoms with Gasteiger partial charge in [0.2, 0.25) is 0 Å². The second-order valence-corrected chi connectivity index (χ2v) is 4.32. The molecular weight excluding hydrogens is 254 g/mol. The molecule has 1 amide bonds. The number of aromatic nitrogens is 4. The molecule has 0 aliphatic heterocycles. The van der Waals surface area contributed by atoms with E-state index in [1.807, 2.05) is 0 Å². The fourth-order valence-electron chi connectivity index (χ4n) is 1.44. The quantitative estimate of drug-likeness (QED) is 0.769. The Hall–Kier alpha value is -1.95. The van der Waals surface area contributed by atoms with Crippen molar-refractivity contribution in [2.45, 2.75) is 6.92 Å². The van der Waals surface area contributed by atoms with Crippen molar-refractivity contribution in [3.63, 3.8) is 0 Å². The van der Waals surface area contributed by atoms with Gasteiger partial charge in [-0.3, -0.25) is 4.79 Å². The molecule has 6 nitrogen and oxygen atoms in total. The highest BCUT2D eigenvalue weighted by Crippen LogP contribution is 2.17. The number of amides is 1. The molecule has 0 fully saturated rings. The zero-order chi connectivity index (χ0) is 13.3. The van der Waals surface area contributed by atoms with E-state index < -0.39 is 0 Å². The van der Waals surface area contributed by atoms with Gasteiger partial charge in [0.05, 0.1) is 0 Å². The molecule has 0 bridgehead atoms. The van der Waals surface area contributed by atoms with E-state index in [0.29, 0.717) is 22.2 Å². The summed E-state index contributed by atoms with van der Waals surface area (Å²) in [6.45, 7) is 1.80. The number of hydrogen-bond acceptors (Lipinski definition) is 4. The molecule has 2 aromatic heterocycles. The molecule has 0 saturated carbocycles. The molecule has 0 unspecified atom stereocenters. The molecule has 94 valence electrons. The second-order valence-electron chi connectivity index (χ2n) is 3.96. The molecule has 0 atom stereocenters. The lowest BCUT2D eigenvalue weighted by molar-refractivity contribution is 0.0821. The van der Waals surface area contributed by atoms with Gasteiger partial charge in [0.1, 0.15) is 11.5 Å². The number of rotatable bonds is 2. The van der Waals surface area contributed by atoms with Gasteiger partial charge in [-0.15, -0.1) is 0 Å². The summed E-state index contributed by atoms with van der Waals surface area (Å²) in [6, 6.07) is 1.64. The van der Waals surface area contributed by atoms with E-state index >= 15 is 0 Å². The molecule has 0 saturated heterocycles. The van der Waals surface area contributed by atoms with Crippen LogP contribution in [0.15, 0.2) is 18.6 Å². The first kappa shape index (κ1) is 12.5. The molecular formula is C11H12ClN5O. The Kier molecular flexibility index (Phi) is 3.29. The predicted octanol–water partition coefficient (Wildman–Crippen LogP) is 1.33. The van der Waals surface area contributed by atoms with Gasteiger partial charge in [-0.25, -0.2) is 14.6 Å². The summed E-state index contributed by atoms with van der Waals surface area (Å²) in [5.41, 5.74) is 1.07. The van der Waals surface area contributed by atoms with Gasteiger partial charge in [0.15, 0.2) is 11.5 Å². The van der Waals surface area contributed by atoms with Gasteiger partial charge in [0, 0.05) is 25.9 Å². The van der Waals surface area contributed by atoms with Crippen LogP contribution in [-0.4, -0.2) is 44.7 Å². The maximum atomic E-state index is 11.7. The van der Waals surface area contributed by atoms with Gasteiger partial charge in [-0.2, -0.15) is 5.10 Å². The predicted molar refractivity (Wildman–Crippen MR) is 66.9 cm³/mol. The van der Waals surface area contributed by atoms with Crippen LogP contribution < -0.4 is 0 Å². The fourth-order valence-corrected chi connectivity index (χ4v) is 1.56. The van der Waals surface area contributed by atoms with E-state index in [-0.39, 0.29) is 5.91 Å². The molecule has 0 radical (unpaired) electrons. The van der Waals surface area contributed by atoms with E-state index in [2.05, 4.69) is 15.1 Å². The van der Waals surface area contributed by atoms with Gasteiger partial charge >= 0.3 is 0 Å². The molecule has 7 heteroatoms. The average Bonchev–Trinajstić information content (AvgIpc) is 2.80. The maximum absolute atomic E-state index is 11.7. The highest BCUT2D eigenvalue weighted by molar-refractivity contribution is 6.30. The lowest BCUT2D eigenvalue weighted by Crippen LogP contribution is -2.22. The molecule has 0 aliphatic carbocycles. The SMILES string of the molecule is Cc1c(Cl)ncnc1-n1ccc(C(=O)N(C)C)n1. The van der Waals surface area contributed by atoms with Crippen molar-refractivity contribution in [3.8, 4) is 5.82 Å². The first-order chi connectivity index (χ1) is 8.50. The molecule has 2 rings (SSSR count). The Morgan fingerprint density at radius 2 is 2.11 bits per heavy atom. The molecule has 2 aromatic rings. The monoisotopic (exact) mass is 265 g/mol. The van der Waals surface area contributed by atoms with Gasteiger partial charge in [-0.1, -0.05) is 11.6 Å². The fraction of sp³-hybridized carbons (Fsp3) is 0.273. The highest BCUT2D eigenvalue weighted by atomic mass is 35.5. The van der Waals surface area contributed by atoms with Crippen LogP contribution in [0.3, 0.4) is 0 Å². The molecule has 0 aromatic carbocycles. The zero-order valence-electron chi connectivity index (χ0n) is 10.3. The van der Waals surface area contributed by atoms with Gasteiger partial charge in [0.25, 0.3) is 5.91 Å². The topological polar surface area (TPSA) is 63.9 Å². The van der Waals surface area contributed by atoms with Crippen LogP contribution in [0.2, 0.25) is 5.15 Å². The van der Waals surface area contributed by atoms with E-state index in [4.69, 9.17) is 11.6 Å². The van der Waals surface area contributed by atoms with Crippen molar-refractivity contribution >= 4 is 17.5 Å². The summed E-state index contributed by atoms with van der Waals surface area (Å²) in [5, 5.41) is 4.55. The van der Waals surface area contributed by atoms with E-state index in [9.17, 15) is 4.79 Å². The first-order valence-corrected chi connectivity index (χ1v) is 5.63. The normalized spacial score (nSPS) is 10.4. The first-order valence-electron chi connectivity index (χ1n) is 5.25. The van der Waals surface area contributed by atoms with Crippen LogP contribution >= 0.6 is 11.6 Å². The summed E-state index contributed by atoms with van der Waals surface area (Å²) in [7, 11) is 3.35. The third kappa shape index (κ3) is 2.19. The van der Waals surface area contributed by atoms with Gasteiger partial charge in [-0.05, 0) is 13.0 Å². The Morgan fingerprint density at radius 3 is 2.78 bits per heavy atom. The van der Waals surface area contributed by atoms with Crippen LogP contribution in [-0.2, 0) is 0 Å². The van der Waals surface area contributed by atoms with Crippen LogP contribution in [0.1, 0.15) is 16.1 Å². The largest absolute Gasteiger partial charge is 0.343 e. The Bertz CT molecular complexity index is 593. The Morgan fingerprint density at radius 1 is 1.39 bits per heavy atom. The number of hydrogen-bond donors (Lipinski definition) is 0. The number of nitrogens with zero attached hydrogens (tertiary/aromatic N) is 5. The smallest absolute Gasteiger partial charge is 0.273 e. The van der Waals surface area contributed by atoms with E-state index in [0.717, 1.165) is 0 Å². The van der Waals surface area contributed by atoms with Crippen molar-refractivity contribution < 1.29 is 4.79 Å². The number of halogens is 1. The van der Waals surface area contributed by atoms with Crippen LogP contribution in [0, 0.1) is 6.92 Å². The minimum atomic E-state index is -0.161. The highest BCUT2D eigenvalue weighted by Gasteiger charge is 2.14. The Balaban J connectivity index is 2.41. The standard InChI is InChI=1S/C11H12ClN5O/c1-7-9(12)13-6-14-10(7)17-5-4-8(15-17)11(18)16(2)3/h4-6H,1-3H3. The summed E-state index contributed by atoms with van der Waals surface area (Å²) >= 11 is 5.92. The zero-order valence-corrected chi connectivity index (χ0v) is 11.0. The lowest BCUT2D eigenvalue weighted by Gasteiger charge is -2.07. The Labute approximate surface area is 109 Å². The lowest BCUT2D eigenvalue weighted by atomic mass is 10.3. The van der Waals surface area contributed by atoms with Crippen molar-refractivity contribution in [2.75, 3.05) is 14.1 Å². The molecule has 0 spiro atoms. The van der Waals surface area contributed by atoms with Crippen molar-refractivity contribution in [1.82, 2.24) is 24.6 Å². The van der Waals surface area contributed by atoms with Gasteiger partial charge < -0.3 is 4.90 Å². The molecule has 18 heavy (non-hydrogen) atoms. The summed E-state index contributed by atoms with van der Waals surface area (Å²) < 4.78 is 1.51. The second kappa shape index (κ2) is 4.73. The van der Waals surface area contributed by atoms with Crippen LogP contribution in [0.25, 0.3) is 5.82 Å². The number of carbonyl (C=O) groups excluding carboxylic acids is 1. The molecule has 0 aliphatic rings. The van der Waals surface area contributed by atoms with Crippen LogP contribution in [0.4, 0.5) is 0 Å². The maximum Gasteiger partial charge on any atom is 0.273 e. The van der Waals surface area contributed by atoms with Crippen LogP contribution in [0.5, 0.6) is 0 Å².